The fourth-order valence-corrected chi connectivity index (χ4v) is 4.70. The highest BCUT2D eigenvalue weighted by molar-refractivity contribution is 7.91. The van der Waals surface area contributed by atoms with Gasteiger partial charge in [0.1, 0.15) is 22.8 Å². The third-order valence-corrected chi connectivity index (χ3v) is 6.82. The van der Waals surface area contributed by atoms with Crippen LogP contribution in [-0.2, 0) is 9.84 Å². The van der Waals surface area contributed by atoms with Gasteiger partial charge in [-0.3, -0.25) is 0 Å². The van der Waals surface area contributed by atoms with E-state index < -0.39 is 9.84 Å². The Balaban J connectivity index is 1.40. The molecule has 0 bridgehead atoms. The second-order valence-corrected chi connectivity index (χ2v) is 9.59. The van der Waals surface area contributed by atoms with Crippen molar-refractivity contribution in [3.63, 3.8) is 0 Å². The van der Waals surface area contributed by atoms with Crippen LogP contribution in [0.15, 0.2) is 57.6 Å². The Morgan fingerprint density at radius 2 is 1.68 bits per heavy atom. The molecule has 31 heavy (non-hydrogen) atoms. The lowest BCUT2D eigenvalue weighted by molar-refractivity contribution is 0.399. The molecule has 1 aliphatic heterocycles. The van der Waals surface area contributed by atoms with Gasteiger partial charge in [0.15, 0.2) is 9.84 Å². The van der Waals surface area contributed by atoms with Crippen LogP contribution in [0.2, 0.25) is 0 Å². The molecular weight excluding hydrogens is 418 g/mol. The van der Waals surface area contributed by atoms with Gasteiger partial charge in [-0.05, 0) is 19.1 Å². The lowest BCUT2D eigenvalue weighted by atomic mass is 10.1. The van der Waals surface area contributed by atoms with Crippen molar-refractivity contribution in [3.8, 4) is 34.2 Å². The van der Waals surface area contributed by atoms with Gasteiger partial charge >= 0.3 is 0 Å². The average molecular weight is 437 g/mol. The van der Waals surface area contributed by atoms with Crippen molar-refractivity contribution in [2.45, 2.75) is 6.92 Å². The van der Waals surface area contributed by atoms with Gasteiger partial charge in [0, 0.05) is 24.8 Å². The van der Waals surface area contributed by atoms with Crippen molar-refractivity contribution < 1.29 is 17.4 Å². The smallest absolute Gasteiger partial charge is 0.254 e. The van der Waals surface area contributed by atoms with Crippen molar-refractivity contribution in [2.75, 3.05) is 29.5 Å². The van der Waals surface area contributed by atoms with Crippen LogP contribution in [0.25, 0.3) is 34.2 Å². The normalized spacial score (nSPS) is 15.8. The number of rotatable bonds is 4. The van der Waals surface area contributed by atoms with Crippen LogP contribution in [0.3, 0.4) is 0 Å². The van der Waals surface area contributed by atoms with Crippen LogP contribution < -0.4 is 4.90 Å². The van der Waals surface area contributed by atoms with Crippen LogP contribution in [0.1, 0.15) is 5.76 Å². The van der Waals surface area contributed by atoms with E-state index in [0.717, 1.165) is 11.4 Å². The highest BCUT2D eigenvalue weighted by atomic mass is 32.2. The zero-order chi connectivity index (χ0) is 21.4. The van der Waals surface area contributed by atoms with E-state index in [9.17, 15) is 8.42 Å². The Morgan fingerprint density at radius 1 is 0.935 bits per heavy atom. The van der Waals surface area contributed by atoms with Crippen molar-refractivity contribution in [1.82, 2.24) is 20.3 Å². The van der Waals surface area contributed by atoms with Crippen molar-refractivity contribution in [3.05, 3.63) is 54.4 Å². The quantitative estimate of drug-likeness (QED) is 0.475. The molecule has 0 atom stereocenters. The van der Waals surface area contributed by atoms with E-state index in [1.54, 1.807) is 13.1 Å². The van der Waals surface area contributed by atoms with Crippen LogP contribution in [0.5, 0.6) is 0 Å². The lowest BCUT2D eigenvalue weighted by Gasteiger charge is -2.27. The number of nitrogens with zero attached hydrogens (tertiary/aromatic N) is 5. The minimum absolute atomic E-state index is 0.144. The molecule has 158 valence electrons. The highest BCUT2D eigenvalue weighted by Gasteiger charge is 2.24. The summed E-state index contributed by atoms with van der Waals surface area (Å²) in [5.74, 6) is 2.24. The Kier molecular flexibility index (Phi) is 4.78. The van der Waals surface area contributed by atoms with Crippen molar-refractivity contribution >= 4 is 15.7 Å². The minimum atomic E-state index is -2.94. The summed E-state index contributed by atoms with van der Waals surface area (Å²) in [5.41, 5.74) is 2.86. The van der Waals surface area contributed by atoms with E-state index in [2.05, 4.69) is 20.3 Å². The van der Waals surface area contributed by atoms with Crippen LogP contribution in [-0.4, -0.2) is 53.4 Å². The molecule has 1 aliphatic rings. The lowest BCUT2D eigenvalue weighted by Crippen LogP contribution is -2.40. The number of aryl methyl sites for hydroxylation is 1. The summed E-state index contributed by atoms with van der Waals surface area (Å²) in [6.07, 6.45) is 1.65. The Labute approximate surface area is 178 Å². The van der Waals surface area contributed by atoms with Gasteiger partial charge in [-0.25, -0.2) is 13.4 Å². The molecule has 0 N–H and O–H groups in total. The molecule has 4 aromatic rings. The fraction of sp³-hybridized carbons (Fsp3) is 0.238. The van der Waals surface area contributed by atoms with E-state index in [0.29, 0.717) is 47.5 Å². The second kappa shape index (κ2) is 7.62. The van der Waals surface area contributed by atoms with E-state index in [-0.39, 0.29) is 11.5 Å². The molecule has 1 aromatic carbocycles. The standard InChI is InChI=1S/C21H19N5O4S/c1-14-18(19(25-30-14)15-5-3-2-4-6-15)21-24-23-20(29-21)16-7-8-17(22-13-16)26-9-11-31(27,28)12-10-26/h2-8,13H,9-12H2,1H3. The average Bonchev–Trinajstić information content (AvgIpc) is 3.41. The maximum Gasteiger partial charge on any atom is 0.254 e. The summed E-state index contributed by atoms with van der Waals surface area (Å²) in [6, 6.07) is 13.3. The van der Waals surface area contributed by atoms with Gasteiger partial charge in [-0.1, -0.05) is 35.5 Å². The van der Waals surface area contributed by atoms with Gasteiger partial charge in [0.05, 0.1) is 17.1 Å². The molecule has 4 heterocycles. The topological polar surface area (TPSA) is 115 Å². The molecule has 1 saturated heterocycles. The maximum atomic E-state index is 11.6. The summed E-state index contributed by atoms with van der Waals surface area (Å²) in [5, 5.41) is 12.5. The number of anilines is 1. The number of hydrogen-bond acceptors (Lipinski definition) is 9. The Hall–Kier alpha value is -3.53. The van der Waals surface area contributed by atoms with Gasteiger partial charge < -0.3 is 13.8 Å². The van der Waals surface area contributed by atoms with Crippen LogP contribution >= 0.6 is 0 Å². The van der Waals surface area contributed by atoms with Crippen LogP contribution in [0.4, 0.5) is 5.82 Å². The van der Waals surface area contributed by atoms with Crippen LogP contribution in [0, 0.1) is 6.92 Å². The number of benzene rings is 1. The minimum Gasteiger partial charge on any atom is -0.416 e. The molecule has 0 aliphatic carbocycles. The van der Waals surface area contributed by atoms with E-state index in [1.807, 2.05) is 47.4 Å². The monoisotopic (exact) mass is 437 g/mol. The molecule has 0 spiro atoms. The zero-order valence-corrected chi connectivity index (χ0v) is 17.5. The summed E-state index contributed by atoms with van der Waals surface area (Å²) in [7, 11) is -2.94. The van der Waals surface area contributed by atoms with Gasteiger partial charge in [0.25, 0.3) is 5.89 Å². The molecule has 3 aromatic heterocycles. The number of pyridine rings is 1. The maximum absolute atomic E-state index is 11.6. The van der Waals surface area contributed by atoms with Gasteiger partial charge in [-0.2, -0.15) is 0 Å². The summed E-state index contributed by atoms with van der Waals surface area (Å²) in [4.78, 5) is 6.41. The Morgan fingerprint density at radius 3 is 2.39 bits per heavy atom. The van der Waals surface area contributed by atoms with Gasteiger partial charge in [0.2, 0.25) is 5.89 Å². The SMILES string of the molecule is Cc1onc(-c2ccccc2)c1-c1nnc(-c2ccc(N3CCS(=O)(=O)CC3)nc2)o1. The molecule has 0 radical (unpaired) electrons. The third-order valence-electron chi connectivity index (χ3n) is 5.21. The third kappa shape index (κ3) is 3.81. The number of sulfone groups is 1. The fourth-order valence-electron chi connectivity index (χ4n) is 3.50. The Bertz CT molecular complexity index is 1300. The molecular formula is C21H19N5O4S. The second-order valence-electron chi connectivity index (χ2n) is 7.28. The van der Waals surface area contributed by atoms with Gasteiger partial charge in [-0.15, -0.1) is 10.2 Å². The predicted octanol–water partition coefficient (Wildman–Crippen LogP) is 3.00. The molecule has 10 heteroatoms. The van der Waals surface area contributed by atoms with E-state index in [4.69, 9.17) is 8.94 Å². The number of hydrogen-bond donors (Lipinski definition) is 0. The zero-order valence-electron chi connectivity index (χ0n) is 16.7. The molecule has 9 nitrogen and oxygen atoms in total. The molecule has 0 amide bonds. The first kappa shape index (κ1) is 19.4. The number of aromatic nitrogens is 4. The summed E-state index contributed by atoms with van der Waals surface area (Å²) < 4.78 is 34.5. The first-order chi connectivity index (χ1) is 15.0. The van der Waals surface area contributed by atoms with E-state index >= 15 is 0 Å². The highest BCUT2D eigenvalue weighted by Crippen LogP contribution is 2.34. The first-order valence-corrected chi connectivity index (χ1v) is 11.6. The molecule has 0 saturated carbocycles. The predicted molar refractivity (Wildman–Crippen MR) is 114 cm³/mol. The summed E-state index contributed by atoms with van der Waals surface area (Å²) >= 11 is 0. The first-order valence-electron chi connectivity index (χ1n) is 9.77. The largest absolute Gasteiger partial charge is 0.416 e. The van der Waals surface area contributed by atoms with E-state index in [1.165, 1.54) is 0 Å². The molecule has 1 fully saturated rings. The summed E-state index contributed by atoms with van der Waals surface area (Å²) in [6.45, 7) is 2.68. The van der Waals surface area contributed by atoms with Crippen molar-refractivity contribution in [1.29, 1.82) is 0 Å². The molecule has 5 rings (SSSR count). The van der Waals surface area contributed by atoms with Crippen molar-refractivity contribution in [2.24, 2.45) is 0 Å². The molecule has 0 unspecified atom stereocenters.